The third kappa shape index (κ3) is 1.96. The first-order chi connectivity index (χ1) is 7.27. The monoisotopic (exact) mass is 206 g/mol. The summed E-state index contributed by atoms with van der Waals surface area (Å²) >= 11 is 0. The molecular weight excluding hydrogens is 201 g/mol. The summed E-state index contributed by atoms with van der Waals surface area (Å²) in [6, 6.07) is 2.77. The Hall–Kier alpha value is -2.31. The first-order valence-corrected chi connectivity index (χ1v) is 3.99. The summed E-state index contributed by atoms with van der Waals surface area (Å²) in [6.45, 7) is 0. The van der Waals surface area contributed by atoms with E-state index in [1.54, 1.807) is 0 Å². The van der Waals surface area contributed by atoms with Crippen LogP contribution in [0.2, 0.25) is 0 Å². The van der Waals surface area contributed by atoms with Gasteiger partial charge in [0, 0.05) is 6.20 Å². The molecule has 1 aromatic rings. The minimum Gasteiger partial charge on any atom is -0.289 e. The van der Waals surface area contributed by atoms with Crippen molar-refractivity contribution in [2.75, 3.05) is 0 Å². The fourth-order valence-corrected chi connectivity index (χ4v) is 0.968. The number of halogens is 1. The predicted octanol–water partition coefficient (Wildman–Crippen LogP) is -0.132. The van der Waals surface area contributed by atoms with Crippen molar-refractivity contribution in [1.29, 1.82) is 0 Å². The lowest BCUT2D eigenvalue weighted by Gasteiger charge is -2.01. The largest absolute Gasteiger partial charge is 0.289 e. The molecule has 0 saturated carbocycles. The first-order valence-electron chi connectivity index (χ1n) is 3.99. The summed E-state index contributed by atoms with van der Waals surface area (Å²) in [5.74, 6) is -1.47. The normalized spacial score (nSPS) is 13.3. The van der Waals surface area contributed by atoms with Crippen molar-refractivity contribution in [3.63, 3.8) is 0 Å². The molecule has 1 N–H and O–H groups in total. The van der Waals surface area contributed by atoms with E-state index in [0.717, 1.165) is 0 Å². The van der Waals surface area contributed by atoms with Crippen molar-refractivity contribution < 1.29 is 9.18 Å². The van der Waals surface area contributed by atoms with Gasteiger partial charge in [-0.25, -0.2) is 4.98 Å². The van der Waals surface area contributed by atoms with Crippen molar-refractivity contribution in [1.82, 2.24) is 15.7 Å². The molecule has 75 valence electrons. The van der Waals surface area contributed by atoms with Crippen LogP contribution in [-0.4, -0.2) is 23.2 Å². The zero-order valence-corrected chi connectivity index (χ0v) is 7.38. The van der Waals surface area contributed by atoms with E-state index >= 15 is 0 Å². The maximum absolute atomic E-state index is 13.0. The predicted molar refractivity (Wildman–Crippen MR) is 49.7 cm³/mol. The SMILES string of the molecule is O=C(NC1=N[N]C=N1)c1cccnc1F. The Morgan fingerprint density at radius 1 is 1.47 bits per heavy atom. The van der Waals surface area contributed by atoms with E-state index in [2.05, 4.69) is 25.8 Å². The molecule has 0 aromatic carbocycles. The summed E-state index contributed by atoms with van der Waals surface area (Å²) < 4.78 is 13.0. The third-order valence-corrected chi connectivity index (χ3v) is 1.61. The number of aromatic nitrogens is 1. The van der Waals surface area contributed by atoms with Gasteiger partial charge in [-0.3, -0.25) is 10.1 Å². The van der Waals surface area contributed by atoms with Gasteiger partial charge in [0.1, 0.15) is 6.34 Å². The van der Waals surface area contributed by atoms with Crippen molar-refractivity contribution >= 4 is 18.2 Å². The van der Waals surface area contributed by atoms with Crippen LogP contribution in [-0.2, 0) is 0 Å². The molecule has 0 bridgehead atoms. The molecular formula is C8H5FN5O. The summed E-state index contributed by atoms with van der Waals surface area (Å²) in [6.07, 6.45) is 2.43. The number of pyridine rings is 1. The summed E-state index contributed by atoms with van der Waals surface area (Å²) in [5.41, 5.74) is 3.24. The summed E-state index contributed by atoms with van der Waals surface area (Å²) in [7, 11) is 0. The lowest BCUT2D eigenvalue weighted by atomic mass is 10.2. The Labute approximate surface area is 83.9 Å². The Morgan fingerprint density at radius 2 is 2.33 bits per heavy atom. The Kier molecular flexibility index (Phi) is 2.36. The number of guanidine groups is 1. The third-order valence-electron chi connectivity index (χ3n) is 1.61. The van der Waals surface area contributed by atoms with Crippen LogP contribution in [0.25, 0.3) is 0 Å². The fraction of sp³-hybridized carbons (Fsp3) is 0. The minimum atomic E-state index is -0.838. The zero-order chi connectivity index (χ0) is 10.7. The Balaban J connectivity index is 2.15. The molecule has 2 rings (SSSR count). The molecule has 7 heteroatoms. The molecule has 2 heterocycles. The topological polar surface area (TPSA) is 80.8 Å². The number of nitrogens with zero attached hydrogens (tertiary/aromatic N) is 4. The van der Waals surface area contributed by atoms with Crippen molar-refractivity contribution in [2.24, 2.45) is 10.1 Å². The van der Waals surface area contributed by atoms with Crippen LogP contribution < -0.4 is 10.7 Å². The van der Waals surface area contributed by atoms with Crippen LogP contribution in [0.4, 0.5) is 4.39 Å². The van der Waals surface area contributed by atoms with Gasteiger partial charge >= 0.3 is 0 Å². The van der Waals surface area contributed by atoms with Crippen LogP contribution in [0.1, 0.15) is 10.4 Å². The molecule has 1 radical (unpaired) electrons. The molecule has 1 aliphatic heterocycles. The van der Waals surface area contributed by atoms with Gasteiger partial charge in [-0.1, -0.05) is 0 Å². The van der Waals surface area contributed by atoms with Gasteiger partial charge in [-0.05, 0) is 12.1 Å². The quantitative estimate of drug-likeness (QED) is 0.649. The highest BCUT2D eigenvalue weighted by atomic mass is 19.1. The fourth-order valence-electron chi connectivity index (χ4n) is 0.968. The second-order valence-electron chi connectivity index (χ2n) is 2.58. The molecule has 6 nitrogen and oxygen atoms in total. The minimum absolute atomic E-state index is 0.0308. The first kappa shape index (κ1) is 9.25. The van der Waals surface area contributed by atoms with Gasteiger partial charge in [0.2, 0.25) is 5.95 Å². The number of hydrogen-bond acceptors (Lipinski definition) is 4. The number of carbonyl (C=O) groups excluding carboxylic acids is 1. The average molecular weight is 206 g/mol. The maximum Gasteiger partial charge on any atom is 0.262 e. The van der Waals surface area contributed by atoms with Crippen LogP contribution in [0, 0.1) is 5.95 Å². The summed E-state index contributed by atoms with van der Waals surface area (Å²) in [4.78, 5) is 18.4. The molecule has 15 heavy (non-hydrogen) atoms. The second-order valence-corrected chi connectivity index (χ2v) is 2.58. The van der Waals surface area contributed by atoms with E-state index in [1.165, 1.54) is 24.7 Å². The van der Waals surface area contributed by atoms with Crippen LogP contribution >= 0.6 is 0 Å². The van der Waals surface area contributed by atoms with Gasteiger partial charge in [-0.15, -0.1) is 10.5 Å². The van der Waals surface area contributed by atoms with Gasteiger partial charge < -0.3 is 0 Å². The molecule has 0 saturated heterocycles. The molecule has 0 fully saturated rings. The van der Waals surface area contributed by atoms with Crippen LogP contribution in [0.5, 0.6) is 0 Å². The van der Waals surface area contributed by atoms with Crippen LogP contribution in [0.3, 0.4) is 0 Å². The van der Waals surface area contributed by atoms with E-state index in [0.29, 0.717) is 0 Å². The molecule has 0 atom stereocenters. The van der Waals surface area contributed by atoms with Crippen LogP contribution in [0.15, 0.2) is 28.4 Å². The maximum atomic E-state index is 13.0. The van der Waals surface area contributed by atoms with E-state index in [4.69, 9.17) is 0 Å². The van der Waals surface area contributed by atoms with E-state index in [9.17, 15) is 9.18 Å². The Bertz CT molecular complexity index is 456. The molecule has 0 aliphatic carbocycles. The molecule has 1 aromatic heterocycles. The smallest absolute Gasteiger partial charge is 0.262 e. The summed E-state index contributed by atoms with van der Waals surface area (Å²) in [5, 5.41) is 5.75. The molecule has 1 aliphatic rings. The number of aliphatic imine (C=N–C) groups is 1. The van der Waals surface area contributed by atoms with E-state index in [1.807, 2.05) is 0 Å². The standard InChI is InChI=1S/C8H5FN5O/c9-6-5(2-1-3-10-6)7(15)13-8-11-4-12-14-8/h1-4H,(H,13,14,15). The molecule has 0 unspecified atom stereocenters. The number of hydrogen-bond donors (Lipinski definition) is 1. The van der Waals surface area contributed by atoms with Gasteiger partial charge in [-0.2, -0.15) is 9.38 Å². The van der Waals surface area contributed by atoms with E-state index in [-0.39, 0.29) is 11.5 Å². The molecule has 0 spiro atoms. The number of rotatable bonds is 1. The van der Waals surface area contributed by atoms with Crippen molar-refractivity contribution in [3.8, 4) is 0 Å². The number of amides is 1. The van der Waals surface area contributed by atoms with Gasteiger partial charge in [0.25, 0.3) is 11.9 Å². The lowest BCUT2D eigenvalue weighted by Crippen LogP contribution is -2.29. The highest BCUT2D eigenvalue weighted by Crippen LogP contribution is 2.02. The average Bonchev–Trinajstić information content (AvgIpc) is 2.71. The zero-order valence-electron chi connectivity index (χ0n) is 7.38. The van der Waals surface area contributed by atoms with Crippen molar-refractivity contribution in [2.45, 2.75) is 0 Å². The van der Waals surface area contributed by atoms with Gasteiger partial charge in [0.05, 0.1) is 5.56 Å². The lowest BCUT2D eigenvalue weighted by molar-refractivity contribution is 0.0972. The van der Waals surface area contributed by atoms with Crippen molar-refractivity contribution in [3.05, 3.63) is 29.8 Å². The highest BCUT2D eigenvalue weighted by molar-refractivity contribution is 6.08. The molecule has 1 amide bonds. The highest BCUT2D eigenvalue weighted by Gasteiger charge is 2.14. The number of carbonyl (C=O) groups is 1. The second kappa shape index (κ2) is 3.82. The Morgan fingerprint density at radius 3 is 3.00 bits per heavy atom. The number of nitrogens with one attached hydrogen (secondary N) is 1. The van der Waals surface area contributed by atoms with E-state index < -0.39 is 11.9 Å². The van der Waals surface area contributed by atoms with Gasteiger partial charge in [0.15, 0.2) is 0 Å².